The molecule has 1 amide bonds. The lowest BCUT2D eigenvalue weighted by molar-refractivity contribution is -0.137. The lowest BCUT2D eigenvalue weighted by Crippen LogP contribution is -2.36. The fourth-order valence-electron chi connectivity index (χ4n) is 3.77. The number of rotatable bonds is 8. The summed E-state index contributed by atoms with van der Waals surface area (Å²) in [6.45, 7) is 2.10. The first kappa shape index (κ1) is 23.6. The molecule has 1 N–H and O–H groups in total. The summed E-state index contributed by atoms with van der Waals surface area (Å²) in [4.78, 5) is 19.7. The number of aromatic nitrogens is 2. The van der Waals surface area contributed by atoms with Crippen molar-refractivity contribution in [3.63, 3.8) is 0 Å². The molecule has 1 aromatic heterocycles. The molecule has 1 aliphatic heterocycles. The highest BCUT2D eigenvalue weighted by Crippen LogP contribution is 2.32. The Hall–Kier alpha value is -3.53. The van der Waals surface area contributed by atoms with Crippen molar-refractivity contribution in [1.82, 2.24) is 14.5 Å². The molecule has 34 heavy (non-hydrogen) atoms. The van der Waals surface area contributed by atoms with Crippen molar-refractivity contribution < 1.29 is 27.4 Å². The fourth-order valence-corrected chi connectivity index (χ4v) is 3.77. The zero-order valence-electron chi connectivity index (χ0n) is 18.6. The number of anilines is 1. The molecule has 10 heteroatoms. The highest BCUT2D eigenvalue weighted by Gasteiger charge is 2.31. The molecule has 0 bridgehead atoms. The maximum atomic E-state index is 13.4. The van der Waals surface area contributed by atoms with E-state index in [1.165, 1.54) is 12.1 Å². The fraction of sp³-hybridized carbons (Fsp3) is 0.333. The van der Waals surface area contributed by atoms with E-state index in [0.717, 1.165) is 17.7 Å². The van der Waals surface area contributed by atoms with E-state index < -0.39 is 11.7 Å². The van der Waals surface area contributed by atoms with E-state index in [4.69, 9.17) is 9.47 Å². The molecule has 0 atom stereocenters. The minimum Gasteiger partial charge on any atom is -0.486 e. The van der Waals surface area contributed by atoms with Gasteiger partial charge in [-0.2, -0.15) is 13.2 Å². The van der Waals surface area contributed by atoms with E-state index in [9.17, 15) is 18.0 Å². The van der Waals surface area contributed by atoms with E-state index in [0.29, 0.717) is 50.1 Å². The number of alkyl halides is 3. The molecule has 0 spiro atoms. The first-order valence-corrected chi connectivity index (χ1v) is 10.8. The van der Waals surface area contributed by atoms with Crippen molar-refractivity contribution >= 4 is 11.7 Å². The zero-order chi connectivity index (χ0) is 24.1. The van der Waals surface area contributed by atoms with E-state index >= 15 is 0 Å². The second-order valence-electron chi connectivity index (χ2n) is 7.82. The Balaban J connectivity index is 1.66. The van der Waals surface area contributed by atoms with Crippen LogP contribution in [0.4, 0.5) is 19.0 Å². The molecule has 180 valence electrons. The van der Waals surface area contributed by atoms with Gasteiger partial charge in [-0.1, -0.05) is 36.4 Å². The number of hydrogen-bond donors (Lipinski definition) is 1. The van der Waals surface area contributed by atoms with Crippen LogP contribution in [0.2, 0.25) is 0 Å². The molecule has 0 fully saturated rings. The average Bonchev–Trinajstić information content (AvgIpc) is 3.08. The number of halogens is 3. The Morgan fingerprint density at radius 3 is 2.65 bits per heavy atom. The molecule has 0 saturated heterocycles. The maximum absolute atomic E-state index is 13.4. The van der Waals surface area contributed by atoms with Crippen LogP contribution in [0.15, 0.2) is 54.6 Å². The Kier molecular flexibility index (Phi) is 7.06. The predicted octanol–water partition coefficient (Wildman–Crippen LogP) is 4.04. The zero-order valence-corrected chi connectivity index (χ0v) is 18.6. The van der Waals surface area contributed by atoms with Crippen molar-refractivity contribution in [2.45, 2.75) is 19.3 Å². The summed E-state index contributed by atoms with van der Waals surface area (Å²) in [6.07, 6.45) is -4.47. The number of nitrogens with one attached hydrogen (secondary N) is 1. The lowest BCUT2D eigenvalue weighted by atomic mass is 10.2. The van der Waals surface area contributed by atoms with Gasteiger partial charge in [-0.3, -0.25) is 4.79 Å². The molecule has 0 radical (unpaired) electrons. The summed E-state index contributed by atoms with van der Waals surface area (Å²) in [5, 5.41) is 3.20. The highest BCUT2D eigenvalue weighted by atomic mass is 19.4. The van der Waals surface area contributed by atoms with Crippen molar-refractivity contribution in [3.05, 3.63) is 77.2 Å². The van der Waals surface area contributed by atoms with Crippen molar-refractivity contribution in [2.24, 2.45) is 0 Å². The minimum absolute atomic E-state index is 0.0697. The predicted molar refractivity (Wildman–Crippen MR) is 120 cm³/mol. The van der Waals surface area contributed by atoms with Gasteiger partial charge in [0.15, 0.2) is 11.5 Å². The number of methoxy groups -OCH3 is 1. The number of ether oxygens (including phenoxy) is 2. The molecule has 4 rings (SSSR count). The topological polar surface area (TPSA) is 68.6 Å². The third-order valence-corrected chi connectivity index (χ3v) is 5.49. The SMILES string of the molecule is COCCN1CCNc2nc(COc3cccc(C(F)(F)F)c3)n(Cc3ccccc3)c2C1=O. The summed E-state index contributed by atoms with van der Waals surface area (Å²) in [5.41, 5.74) is 0.544. The summed E-state index contributed by atoms with van der Waals surface area (Å²) in [7, 11) is 1.58. The van der Waals surface area contributed by atoms with Gasteiger partial charge in [0, 0.05) is 33.3 Å². The van der Waals surface area contributed by atoms with Gasteiger partial charge in [0.2, 0.25) is 0 Å². The van der Waals surface area contributed by atoms with Crippen molar-refractivity contribution in [3.8, 4) is 5.75 Å². The monoisotopic (exact) mass is 474 g/mol. The average molecular weight is 474 g/mol. The Labute approximate surface area is 195 Å². The number of hydrogen-bond acceptors (Lipinski definition) is 5. The molecular formula is C24H25F3N4O3. The van der Waals surface area contributed by atoms with Crippen molar-refractivity contribution in [2.75, 3.05) is 38.7 Å². The van der Waals surface area contributed by atoms with Gasteiger partial charge < -0.3 is 24.3 Å². The molecule has 0 aliphatic carbocycles. The normalized spacial score (nSPS) is 13.9. The van der Waals surface area contributed by atoms with E-state index in [-0.39, 0.29) is 18.3 Å². The van der Waals surface area contributed by atoms with Crippen LogP contribution in [0.3, 0.4) is 0 Å². The number of carbonyl (C=O) groups is 1. The smallest absolute Gasteiger partial charge is 0.416 e. The number of carbonyl (C=O) groups excluding carboxylic acids is 1. The van der Waals surface area contributed by atoms with Crippen LogP contribution < -0.4 is 10.1 Å². The molecule has 2 heterocycles. The number of nitrogens with zero attached hydrogens (tertiary/aromatic N) is 3. The third-order valence-electron chi connectivity index (χ3n) is 5.49. The molecule has 3 aromatic rings. The van der Waals surface area contributed by atoms with Gasteiger partial charge >= 0.3 is 6.18 Å². The quantitative estimate of drug-likeness (QED) is 0.534. The van der Waals surface area contributed by atoms with Crippen LogP contribution in [0.25, 0.3) is 0 Å². The Bertz CT molecular complexity index is 1130. The molecule has 1 aliphatic rings. The summed E-state index contributed by atoms with van der Waals surface area (Å²) in [5.74, 6) is 0.746. The minimum atomic E-state index is -4.47. The second-order valence-corrected chi connectivity index (χ2v) is 7.82. The largest absolute Gasteiger partial charge is 0.486 e. The van der Waals surface area contributed by atoms with Crippen LogP contribution in [-0.2, 0) is 24.1 Å². The first-order valence-electron chi connectivity index (χ1n) is 10.8. The number of imidazole rings is 1. The van der Waals surface area contributed by atoms with Crippen LogP contribution >= 0.6 is 0 Å². The second kappa shape index (κ2) is 10.2. The molecular weight excluding hydrogens is 449 g/mol. The summed E-state index contributed by atoms with van der Waals surface area (Å²) in [6, 6.07) is 14.2. The molecule has 0 unspecified atom stereocenters. The van der Waals surface area contributed by atoms with Gasteiger partial charge in [0.05, 0.1) is 12.2 Å². The van der Waals surface area contributed by atoms with Crippen LogP contribution in [-0.4, -0.2) is 53.7 Å². The van der Waals surface area contributed by atoms with Gasteiger partial charge in [0.1, 0.15) is 18.2 Å². The molecule has 2 aromatic carbocycles. The molecule has 7 nitrogen and oxygen atoms in total. The highest BCUT2D eigenvalue weighted by molar-refractivity contribution is 5.98. The van der Waals surface area contributed by atoms with E-state index in [1.54, 1.807) is 16.6 Å². The third kappa shape index (κ3) is 5.33. The van der Waals surface area contributed by atoms with Gasteiger partial charge in [-0.15, -0.1) is 0 Å². The number of benzene rings is 2. The maximum Gasteiger partial charge on any atom is 0.416 e. The standard InChI is InChI=1S/C24H25F3N4O3/c1-33-13-12-30-11-10-28-22-21(23(30)32)31(15-17-6-3-2-4-7-17)20(29-22)16-34-19-9-5-8-18(14-19)24(25,26)27/h2-9,14,28H,10-13,15-16H2,1H3. The number of amides is 1. The Morgan fingerprint density at radius 2 is 1.91 bits per heavy atom. The molecule has 0 saturated carbocycles. The van der Waals surface area contributed by atoms with E-state index in [2.05, 4.69) is 10.3 Å². The van der Waals surface area contributed by atoms with Crippen LogP contribution in [0.5, 0.6) is 5.75 Å². The van der Waals surface area contributed by atoms with Crippen LogP contribution in [0, 0.1) is 0 Å². The number of fused-ring (bicyclic) bond motifs is 1. The first-order chi connectivity index (χ1) is 16.4. The summed E-state index contributed by atoms with van der Waals surface area (Å²) >= 11 is 0. The van der Waals surface area contributed by atoms with Crippen LogP contribution in [0.1, 0.15) is 27.4 Å². The Morgan fingerprint density at radius 1 is 1.12 bits per heavy atom. The van der Waals surface area contributed by atoms with Gasteiger partial charge in [-0.25, -0.2) is 4.98 Å². The van der Waals surface area contributed by atoms with Crippen molar-refractivity contribution in [1.29, 1.82) is 0 Å². The summed E-state index contributed by atoms with van der Waals surface area (Å²) < 4.78 is 51.8. The van der Waals surface area contributed by atoms with E-state index in [1.807, 2.05) is 30.3 Å². The van der Waals surface area contributed by atoms with Gasteiger partial charge in [-0.05, 0) is 23.8 Å². The van der Waals surface area contributed by atoms with Gasteiger partial charge in [0.25, 0.3) is 5.91 Å². The lowest BCUT2D eigenvalue weighted by Gasteiger charge is -2.21.